The first kappa shape index (κ1) is 20.2. The molecule has 0 radical (unpaired) electrons. The quantitative estimate of drug-likeness (QED) is 0.794. The Hall–Kier alpha value is -3.56. The summed E-state index contributed by atoms with van der Waals surface area (Å²) in [4.78, 5) is 23.2. The van der Waals surface area contributed by atoms with Crippen LogP contribution < -0.4 is 15.5 Å². The first-order valence-electron chi connectivity index (χ1n) is 8.44. The van der Waals surface area contributed by atoms with Crippen LogP contribution in [0.3, 0.4) is 0 Å². The average molecular weight is 407 g/mol. The highest BCUT2D eigenvalue weighted by Gasteiger charge is 2.31. The predicted octanol–water partition coefficient (Wildman–Crippen LogP) is 3.52. The summed E-state index contributed by atoms with van der Waals surface area (Å²) in [7, 11) is 0. The highest BCUT2D eigenvalue weighted by Crippen LogP contribution is 2.25. The second-order valence-electron chi connectivity index (χ2n) is 6.18. The lowest BCUT2D eigenvalue weighted by Crippen LogP contribution is -2.30. The van der Waals surface area contributed by atoms with Crippen LogP contribution in [0.1, 0.15) is 16.7 Å². The SMILES string of the molecule is Cc1cc(OC(F)(F)F)ccc1CC(=O)Nc1ccc(C2=NNC(=O)OC2)cc1. The van der Waals surface area contributed by atoms with Crippen molar-refractivity contribution in [1.29, 1.82) is 0 Å². The number of ether oxygens (including phenoxy) is 2. The van der Waals surface area contributed by atoms with E-state index in [4.69, 9.17) is 4.74 Å². The molecule has 0 aliphatic carbocycles. The maximum Gasteiger partial charge on any atom is 0.573 e. The van der Waals surface area contributed by atoms with Crippen molar-refractivity contribution in [3.8, 4) is 5.75 Å². The second-order valence-corrected chi connectivity index (χ2v) is 6.18. The molecule has 2 aromatic carbocycles. The smallest absolute Gasteiger partial charge is 0.442 e. The third-order valence-corrected chi connectivity index (χ3v) is 4.02. The van der Waals surface area contributed by atoms with Crippen LogP contribution in [0.4, 0.5) is 23.7 Å². The Balaban J connectivity index is 1.60. The average Bonchev–Trinajstić information content (AvgIpc) is 2.64. The van der Waals surface area contributed by atoms with E-state index in [2.05, 4.69) is 20.6 Å². The number of cyclic esters (lactones) is 1. The molecule has 0 unspecified atom stereocenters. The van der Waals surface area contributed by atoms with Crippen molar-refractivity contribution in [1.82, 2.24) is 5.43 Å². The predicted molar refractivity (Wildman–Crippen MR) is 97.7 cm³/mol. The van der Waals surface area contributed by atoms with E-state index in [1.807, 2.05) is 0 Å². The summed E-state index contributed by atoms with van der Waals surface area (Å²) in [6.45, 7) is 1.65. The molecule has 29 heavy (non-hydrogen) atoms. The Labute approximate surface area is 163 Å². The van der Waals surface area contributed by atoms with E-state index >= 15 is 0 Å². The van der Waals surface area contributed by atoms with E-state index in [0.717, 1.165) is 5.56 Å². The van der Waals surface area contributed by atoms with Crippen LogP contribution in [0.5, 0.6) is 5.75 Å². The largest absolute Gasteiger partial charge is 0.573 e. The maximum atomic E-state index is 12.3. The van der Waals surface area contributed by atoms with Gasteiger partial charge in [-0.25, -0.2) is 10.2 Å². The number of halogens is 3. The summed E-state index contributed by atoms with van der Waals surface area (Å²) >= 11 is 0. The molecule has 0 spiro atoms. The molecule has 1 aliphatic rings. The topological polar surface area (TPSA) is 89.0 Å². The summed E-state index contributed by atoms with van der Waals surface area (Å²) in [5, 5.41) is 6.61. The fourth-order valence-corrected chi connectivity index (χ4v) is 2.65. The van der Waals surface area contributed by atoms with E-state index in [1.165, 1.54) is 18.2 Å². The Morgan fingerprint density at radius 2 is 1.97 bits per heavy atom. The number of alkyl halides is 3. The van der Waals surface area contributed by atoms with E-state index < -0.39 is 12.5 Å². The third-order valence-electron chi connectivity index (χ3n) is 4.02. The fourth-order valence-electron chi connectivity index (χ4n) is 2.65. The number of nitrogens with one attached hydrogen (secondary N) is 2. The number of hydrazone groups is 1. The van der Waals surface area contributed by atoms with Gasteiger partial charge in [-0.2, -0.15) is 5.10 Å². The summed E-state index contributed by atoms with van der Waals surface area (Å²) < 4.78 is 45.5. The lowest BCUT2D eigenvalue weighted by molar-refractivity contribution is -0.274. The van der Waals surface area contributed by atoms with Crippen LogP contribution in [0.2, 0.25) is 0 Å². The van der Waals surface area contributed by atoms with Gasteiger partial charge in [-0.1, -0.05) is 18.2 Å². The van der Waals surface area contributed by atoms with Gasteiger partial charge in [-0.3, -0.25) is 4.79 Å². The number of hydrogen-bond acceptors (Lipinski definition) is 5. The lowest BCUT2D eigenvalue weighted by atomic mass is 10.0. The van der Waals surface area contributed by atoms with Crippen molar-refractivity contribution in [3.63, 3.8) is 0 Å². The number of carbonyl (C=O) groups excluding carboxylic acids is 2. The number of rotatable bonds is 5. The monoisotopic (exact) mass is 407 g/mol. The molecule has 3 rings (SSSR count). The molecule has 0 aromatic heterocycles. The molecule has 0 bridgehead atoms. The summed E-state index contributed by atoms with van der Waals surface area (Å²) in [5.41, 5.74) is 5.10. The molecular formula is C19H16F3N3O4. The van der Waals surface area contributed by atoms with Crippen molar-refractivity contribution < 1.29 is 32.2 Å². The van der Waals surface area contributed by atoms with Gasteiger partial charge in [-0.15, -0.1) is 13.2 Å². The number of amides is 2. The van der Waals surface area contributed by atoms with Crippen LogP contribution >= 0.6 is 0 Å². The number of nitrogens with zero attached hydrogens (tertiary/aromatic N) is 1. The Morgan fingerprint density at radius 1 is 1.24 bits per heavy atom. The molecule has 10 heteroatoms. The van der Waals surface area contributed by atoms with Crippen LogP contribution in [0, 0.1) is 6.92 Å². The first-order valence-corrected chi connectivity index (χ1v) is 8.44. The van der Waals surface area contributed by atoms with Gasteiger partial charge < -0.3 is 14.8 Å². The molecule has 1 heterocycles. The Bertz CT molecular complexity index is 956. The zero-order chi connectivity index (χ0) is 21.0. The number of anilines is 1. The second kappa shape index (κ2) is 8.21. The molecular weight excluding hydrogens is 391 g/mol. The molecule has 152 valence electrons. The Morgan fingerprint density at radius 3 is 2.55 bits per heavy atom. The minimum atomic E-state index is -4.77. The minimum Gasteiger partial charge on any atom is -0.442 e. The van der Waals surface area contributed by atoms with E-state index in [1.54, 1.807) is 31.2 Å². The fraction of sp³-hybridized carbons (Fsp3) is 0.211. The van der Waals surface area contributed by atoms with Crippen LogP contribution in [-0.2, 0) is 16.0 Å². The summed E-state index contributed by atoms with van der Waals surface area (Å²) in [6, 6.07) is 10.6. The van der Waals surface area contributed by atoms with Crippen LogP contribution in [0.15, 0.2) is 47.6 Å². The molecule has 2 N–H and O–H groups in total. The number of carbonyl (C=O) groups is 2. The van der Waals surface area contributed by atoms with Crippen LogP contribution in [0.25, 0.3) is 0 Å². The van der Waals surface area contributed by atoms with Gasteiger partial charge in [0.25, 0.3) is 0 Å². The number of benzene rings is 2. The van der Waals surface area contributed by atoms with E-state index in [9.17, 15) is 22.8 Å². The van der Waals surface area contributed by atoms with Gasteiger partial charge in [-0.05, 0) is 42.3 Å². The highest BCUT2D eigenvalue weighted by atomic mass is 19.4. The molecule has 0 atom stereocenters. The number of aryl methyl sites for hydroxylation is 1. The van der Waals surface area contributed by atoms with Crippen molar-refractivity contribution in [2.24, 2.45) is 5.10 Å². The van der Waals surface area contributed by atoms with Crippen molar-refractivity contribution >= 4 is 23.4 Å². The van der Waals surface area contributed by atoms with Gasteiger partial charge in [0, 0.05) is 11.3 Å². The van der Waals surface area contributed by atoms with Crippen molar-refractivity contribution in [3.05, 3.63) is 59.2 Å². The molecule has 2 aromatic rings. The van der Waals surface area contributed by atoms with Crippen LogP contribution in [-0.4, -0.2) is 30.7 Å². The van der Waals surface area contributed by atoms with Gasteiger partial charge in [0.1, 0.15) is 18.1 Å². The normalized spacial score (nSPS) is 13.8. The standard InChI is InChI=1S/C19H16F3N3O4/c1-11-8-15(29-19(20,21)22)7-4-13(11)9-17(26)23-14-5-2-12(3-6-14)16-10-28-18(27)25-24-16/h2-8H,9-10H2,1H3,(H,23,26)(H,25,27). The maximum absolute atomic E-state index is 12.3. The molecule has 2 amide bonds. The molecule has 0 fully saturated rings. The first-order chi connectivity index (χ1) is 13.7. The summed E-state index contributed by atoms with van der Waals surface area (Å²) in [5.74, 6) is -0.656. The molecule has 7 nitrogen and oxygen atoms in total. The van der Waals surface area contributed by atoms with E-state index in [-0.39, 0.29) is 24.7 Å². The minimum absolute atomic E-state index is 0.00748. The highest BCUT2D eigenvalue weighted by molar-refractivity contribution is 6.04. The van der Waals surface area contributed by atoms with E-state index in [0.29, 0.717) is 22.5 Å². The third kappa shape index (κ3) is 5.71. The molecule has 0 saturated carbocycles. The van der Waals surface area contributed by atoms with Gasteiger partial charge >= 0.3 is 12.5 Å². The van der Waals surface area contributed by atoms with Gasteiger partial charge in [0.2, 0.25) is 5.91 Å². The molecule has 0 saturated heterocycles. The number of hydrogen-bond donors (Lipinski definition) is 2. The summed E-state index contributed by atoms with van der Waals surface area (Å²) in [6.07, 6.45) is -5.39. The van der Waals surface area contributed by atoms with Crippen molar-refractivity contribution in [2.45, 2.75) is 19.7 Å². The van der Waals surface area contributed by atoms with Gasteiger partial charge in [0.05, 0.1) is 6.42 Å². The zero-order valence-corrected chi connectivity index (χ0v) is 15.2. The molecule has 1 aliphatic heterocycles. The lowest BCUT2D eigenvalue weighted by Gasteiger charge is -2.14. The van der Waals surface area contributed by atoms with Crippen molar-refractivity contribution in [2.75, 3.05) is 11.9 Å². The zero-order valence-electron chi connectivity index (χ0n) is 15.2. The Kier molecular flexibility index (Phi) is 5.71. The van der Waals surface area contributed by atoms with Gasteiger partial charge in [0.15, 0.2) is 0 Å².